The summed E-state index contributed by atoms with van der Waals surface area (Å²) in [4.78, 5) is 11.1. The maximum Gasteiger partial charge on any atom is 0.295 e. The number of hydrogen-bond donors (Lipinski definition) is 4. The Morgan fingerprint density at radius 3 is 2.40 bits per heavy atom. The number of carbonyl (C=O) groups is 1. The van der Waals surface area contributed by atoms with Crippen molar-refractivity contribution >= 4 is 47.9 Å². The van der Waals surface area contributed by atoms with Gasteiger partial charge in [0.05, 0.1) is 10.8 Å². The van der Waals surface area contributed by atoms with Crippen molar-refractivity contribution < 1.29 is 43.9 Å². The Hall–Kier alpha value is -2.40. The zero-order chi connectivity index (χ0) is 26.1. The highest BCUT2D eigenvalue weighted by Gasteiger charge is 2.48. The van der Waals surface area contributed by atoms with E-state index < -0.39 is 57.1 Å². The SMILES string of the molecule is COCC(=O)Nc1ccc(/C=C/C2(NS(=O)(=O)C3CC3)C=CC=CC2S(=O)(=O)O)c(S(=O)(=O)O)c1. The van der Waals surface area contributed by atoms with Crippen LogP contribution in [0.25, 0.3) is 6.08 Å². The van der Waals surface area contributed by atoms with Gasteiger partial charge in [0.25, 0.3) is 20.2 Å². The number of hydrogen-bond acceptors (Lipinski definition) is 8. The van der Waals surface area contributed by atoms with Crippen LogP contribution in [0.5, 0.6) is 0 Å². The summed E-state index contributed by atoms with van der Waals surface area (Å²) >= 11 is 0. The zero-order valence-electron chi connectivity index (χ0n) is 18.4. The summed E-state index contributed by atoms with van der Waals surface area (Å²) in [5, 5.41) is -0.0973. The fourth-order valence-corrected chi connectivity index (χ4v) is 6.96. The molecule has 0 aromatic heterocycles. The third-order valence-corrected chi connectivity index (χ3v) is 9.32. The number of benzene rings is 1. The van der Waals surface area contributed by atoms with Gasteiger partial charge in [-0.2, -0.15) is 21.6 Å². The van der Waals surface area contributed by atoms with E-state index in [0.717, 1.165) is 24.3 Å². The van der Waals surface area contributed by atoms with E-state index in [2.05, 4.69) is 14.8 Å². The second-order valence-corrected chi connectivity index (χ2v) is 12.9. The topological polar surface area (TPSA) is 193 Å². The van der Waals surface area contributed by atoms with Crippen LogP contribution in [0.15, 0.2) is 53.5 Å². The van der Waals surface area contributed by atoms with E-state index in [4.69, 9.17) is 0 Å². The lowest BCUT2D eigenvalue weighted by Crippen LogP contribution is -2.57. The lowest BCUT2D eigenvalue weighted by Gasteiger charge is -2.34. The number of sulfonamides is 1. The fraction of sp³-hybridized carbons (Fsp3) is 0.350. The molecule has 4 N–H and O–H groups in total. The predicted octanol–water partition coefficient (Wildman–Crippen LogP) is 0.734. The molecule has 0 radical (unpaired) electrons. The van der Waals surface area contributed by atoms with Crippen molar-refractivity contribution in [1.29, 1.82) is 0 Å². The molecule has 2 unspecified atom stereocenters. The maximum atomic E-state index is 12.7. The summed E-state index contributed by atoms with van der Waals surface area (Å²) in [6, 6.07) is 3.51. The average molecular weight is 549 g/mol. The maximum absolute atomic E-state index is 12.7. The number of carbonyl (C=O) groups excluding carboxylic acids is 1. The Kier molecular flexibility index (Phi) is 7.71. The zero-order valence-corrected chi connectivity index (χ0v) is 20.8. The van der Waals surface area contributed by atoms with Crippen LogP contribution in [0.1, 0.15) is 18.4 Å². The van der Waals surface area contributed by atoms with Crippen LogP contribution in [0.3, 0.4) is 0 Å². The number of methoxy groups -OCH3 is 1. The Morgan fingerprint density at radius 2 is 1.83 bits per heavy atom. The van der Waals surface area contributed by atoms with E-state index in [1.54, 1.807) is 0 Å². The Labute approximate surface area is 203 Å². The van der Waals surface area contributed by atoms with Gasteiger partial charge in [0.2, 0.25) is 15.9 Å². The smallest absolute Gasteiger partial charge is 0.295 e. The lowest BCUT2D eigenvalue weighted by atomic mass is 9.90. The molecule has 0 spiro atoms. The number of anilines is 1. The van der Waals surface area contributed by atoms with Gasteiger partial charge >= 0.3 is 0 Å². The number of allylic oxidation sites excluding steroid dienone is 2. The summed E-state index contributed by atoms with van der Waals surface area (Å²) < 4.78 is 100. The van der Waals surface area contributed by atoms with Gasteiger partial charge in [-0.05, 0) is 30.5 Å². The fourth-order valence-electron chi connectivity index (χ4n) is 3.49. The first kappa shape index (κ1) is 27.2. The van der Waals surface area contributed by atoms with Gasteiger partial charge in [0, 0.05) is 12.8 Å². The molecule has 35 heavy (non-hydrogen) atoms. The number of nitrogens with one attached hydrogen (secondary N) is 2. The molecule has 1 fully saturated rings. The van der Waals surface area contributed by atoms with Crippen LogP contribution in [-0.2, 0) is 39.8 Å². The van der Waals surface area contributed by atoms with Gasteiger partial charge in [0.1, 0.15) is 16.8 Å². The molecular formula is C20H24N2O10S3. The molecule has 2 aliphatic rings. The molecule has 12 nitrogen and oxygen atoms in total. The molecule has 192 valence electrons. The molecule has 0 heterocycles. The summed E-state index contributed by atoms with van der Waals surface area (Å²) in [6.45, 7) is -0.302. The normalized spacial score (nSPS) is 23.0. The Bertz CT molecular complexity index is 1410. The van der Waals surface area contributed by atoms with Crippen molar-refractivity contribution in [3.8, 4) is 0 Å². The first-order valence-electron chi connectivity index (χ1n) is 10.1. The third-order valence-electron chi connectivity index (χ3n) is 5.23. The minimum Gasteiger partial charge on any atom is -0.375 e. The minimum absolute atomic E-state index is 0.0253. The molecule has 0 bridgehead atoms. The van der Waals surface area contributed by atoms with Crippen LogP contribution < -0.4 is 10.0 Å². The van der Waals surface area contributed by atoms with Gasteiger partial charge in [0.15, 0.2) is 0 Å². The number of amides is 1. The number of rotatable bonds is 10. The largest absolute Gasteiger partial charge is 0.375 e. The van der Waals surface area contributed by atoms with E-state index in [1.807, 2.05) is 0 Å². The summed E-state index contributed by atoms with van der Waals surface area (Å²) in [5.74, 6) is -0.583. The van der Waals surface area contributed by atoms with Gasteiger partial charge in [-0.25, -0.2) is 8.42 Å². The highest BCUT2D eigenvalue weighted by Crippen LogP contribution is 2.34. The minimum atomic E-state index is -4.83. The molecule has 1 amide bonds. The molecule has 0 aliphatic heterocycles. The van der Waals surface area contributed by atoms with E-state index in [0.29, 0.717) is 12.8 Å². The highest BCUT2D eigenvalue weighted by molar-refractivity contribution is 7.90. The first-order valence-corrected chi connectivity index (χ1v) is 14.6. The second kappa shape index (κ2) is 9.93. The molecule has 15 heteroatoms. The average Bonchev–Trinajstić information content (AvgIpc) is 3.58. The van der Waals surface area contributed by atoms with Crippen LogP contribution >= 0.6 is 0 Å². The van der Waals surface area contributed by atoms with E-state index in [9.17, 15) is 39.2 Å². The Morgan fingerprint density at radius 1 is 1.14 bits per heavy atom. The standard InChI is InChI=1S/C20H24N2O10S3/c1-32-13-19(23)21-15-6-5-14(17(12-15)34(26,27)28)9-11-20(22-33(24,25)16-7-8-16)10-3-2-4-18(20)35(29,30)31/h2-6,9-12,16,18,22H,7-8,13H2,1H3,(H,21,23)(H,26,27,28)(H,29,30,31)/b11-9+. The van der Waals surface area contributed by atoms with Gasteiger partial charge < -0.3 is 10.1 Å². The van der Waals surface area contributed by atoms with E-state index in [-0.39, 0.29) is 17.9 Å². The summed E-state index contributed by atoms with van der Waals surface area (Å²) in [7, 11) is -12.4. The highest BCUT2D eigenvalue weighted by atomic mass is 32.2. The van der Waals surface area contributed by atoms with E-state index >= 15 is 0 Å². The van der Waals surface area contributed by atoms with Gasteiger partial charge in [-0.3, -0.25) is 13.9 Å². The molecule has 2 aliphatic carbocycles. The summed E-state index contributed by atoms with van der Waals surface area (Å²) in [6.07, 6.45) is 7.94. The van der Waals surface area contributed by atoms with Crippen LogP contribution in [0, 0.1) is 0 Å². The number of ether oxygens (including phenoxy) is 1. The van der Waals surface area contributed by atoms with Crippen LogP contribution in [0.4, 0.5) is 5.69 Å². The van der Waals surface area contributed by atoms with Gasteiger partial charge in [-0.1, -0.05) is 42.5 Å². The molecule has 1 saturated carbocycles. The lowest BCUT2D eigenvalue weighted by molar-refractivity contribution is -0.119. The quantitative estimate of drug-likeness (QED) is 0.303. The summed E-state index contributed by atoms with van der Waals surface area (Å²) in [5.41, 5.74) is -2.11. The van der Waals surface area contributed by atoms with Crippen molar-refractivity contribution in [2.45, 2.75) is 33.8 Å². The molecular weight excluding hydrogens is 524 g/mol. The molecule has 0 saturated heterocycles. The molecule has 2 atom stereocenters. The molecule has 1 aromatic carbocycles. The van der Waals surface area contributed by atoms with E-state index in [1.165, 1.54) is 37.5 Å². The van der Waals surface area contributed by atoms with Crippen molar-refractivity contribution in [2.75, 3.05) is 19.0 Å². The molecule has 1 aromatic rings. The van der Waals surface area contributed by atoms with Crippen molar-refractivity contribution in [1.82, 2.24) is 4.72 Å². The Balaban J connectivity index is 2.09. The van der Waals surface area contributed by atoms with Crippen LogP contribution in [0.2, 0.25) is 0 Å². The van der Waals surface area contributed by atoms with Crippen molar-refractivity contribution in [3.05, 3.63) is 54.1 Å². The first-order chi connectivity index (χ1) is 16.2. The van der Waals surface area contributed by atoms with Crippen molar-refractivity contribution in [2.24, 2.45) is 0 Å². The predicted molar refractivity (Wildman–Crippen MR) is 127 cm³/mol. The van der Waals surface area contributed by atoms with Crippen molar-refractivity contribution in [3.63, 3.8) is 0 Å². The van der Waals surface area contributed by atoms with Crippen LogP contribution in [-0.4, -0.2) is 70.0 Å². The third kappa shape index (κ3) is 6.63. The molecule has 3 rings (SSSR count). The second-order valence-electron chi connectivity index (χ2n) is 8.00. The monoisotopic (exact) mass is 548 g/mol. The van der Waals surface area contributed by atoms with Gasteiger partial charge in [-0.15, -0.1) is 0 Å².